The highest BCUT2D eigenvalue weighted by atomic mass is 19.1. The van der Waals surface area contributed by atoms with E-state index in [0.29, 0.717) is 56.8 Å². The van der Waals surface area contributed by atoms with Crippen LogP contribution in [0.3, 0.4) is 0 Å². The first-order chi connectivity index (χ1) is 19.8. The fourth-order valence-electron chi connectivity index (χ4n) is 5.42. The zero-order valence-corrected chi connectivity index (χ0v) is 23.5. The van der Waals surface area contributed by atoms with Crippen molar-refractivity contribution in [1.29, 1.82) is 0 Å². The Hall–Kier alpha value is -3.83. The molecule has 2 fully saturated rings. The fourth-order valence-corrected chi connectivity index (χ4v) is 5.42. The number of carboxylic acid groups (broad SMARTS) is 1. The van der Waals surface area contributed by atoms with Crippen molar-refractivity contribution < 1.29 is 28.9 Å². The summed E-state index contributed by atoms with van der Waals surface area (Å²) in [5, 5.41) is 24.0. The number of aromatic nitrogens is 2. The largest absolute Gasteiger partial charge is 0.506 e. The van der Waals surface area contributed by atoms with Crippen LogP contribution < -0.4 is 10.9 Å². The van der Waals surface area contributed by atoms with Crippen LogP contribution in [0.5, 0.6) is 5.75 Å². The second-order valence-corrected chi connectivity index (χ2v) is 10.1. The number of benzene rings is 1. The summed E-state index contributed by atoms with van der Waals surface area (Å²) in [6.45, 7) is 7.24. The van der Waals surface area contributed by atoms with Crippen LogP contribution in [-0.2, 0) is 16.1 Å². The molecule has 1 aliphatic carbocycles. The Balaban J connectivity index is 0.00000189. The molecule has 1 saturated heterocycles. The van der Waals surface area contributed by atoms with Crippen molar-refractivity contribution in [2.75, 3.05) is 32.8 Å². The third-order valence-electron chi connectivity index (χ3n) is 7.69. The van der Waals surface area contributed by atoms with Crippen LogP contribution in [0.4, 0.5) is 4.39 Å². The summed E-state index contributed by atoms with van der Waals surface area (Å²) in [6.07, 6.45) is 4.13. The van der Waals surface area contributed by atoms with Gasteiger partial charge in [0, 0.05) is 37.9 Å². The van der Waals surface area contributed by atoms with Gasteiger partial charge >= 0.3 is 5.97 Å². The van der Waals surface area contributed by atoms with Crippen molar-refractivity contribution in [1.82, 2.24) is 19.8 Å². The van der Waals surface area contributed by atoms with Gasteiger partial charge in [0.2, 0.25) is 0 Å². The molecule has 1 aromatic carbocycles. The molecule has 10 nitrogen and oxygen atoms in total. The summed E-state index contributed by atoms with van der Waals surface area (Å²) >= 11 is 0. The maximum atomic E-state index is 13.7. The Labute approximate surface area is 237 Å². The lowest BCUT2D eigenvalue weighted by atomic mass is 9.81. The van der Waals surface area contributed by atoms with Gasteiger partial charge in [0.1, 0.15) is 28.3 Å². The van der Waals surface area contributed by atoms with E-state index in [1.807, 2.05) is 13.8 Å². The molecule has 0 radical (unpaired) electrons. The zero-order valence-electron chi connectivity index (χ0n) is 23.5. The van der Waals surface area contributed by atoms with Gasteiger partial charge in [-0.05, 0) is 36.6 Å². The Morgan fingerprint density at radius 3 is 2.34 bits per heavy atom. The van der Waals surface area contributed by atoms with E-state index in [1.165, 1.54) is 22.9 Å². The van der Waals surface area contributed by atoms with E-state index in [-0.39, 0.29) is 30.4 Å². The first-order valence-electron chi connectivity index (χ1n) is 14.2. The molecular formula is C30H37FN4O6. The lowest BCUT2D eigenvalue weighted by Crippen LogP contribution is -2.56. The minimum atomic E-state index is -1.50. The van der Waals surface area contributed by atoms with Gasteiger partial charge in [-0.1, -0.05) is 45.2 Å². The number of carbonyl (C=O) groups is 2. The number of nitrogens with one attached hydrogen (secondary N) is 1. The summed E-state index contributed by atoms with van der Waals surface area (Å²) in [4.78, 5) is 46.0. The number of nitrogens with zero attached hydrogens (tertiary/aromatic N) is 3. The highest BCUT2D eigenvalue weighted by Crippen LogP contribution is 2.32. The number of morpholine rings is 1. The third kappa shape index (κ3) is 6.41. The van der Waals surface area contributed by atoms with Crippen LogP contribution in [0, 0.1) is 5.82 Å². The summed E-state index contributed by atoms with van der Waals surface area (Å²) in [6, 6.07) is 7.34. The molecule has 3 aromatic rings. The molecule has 0 bridgehead atoms. The SMILES string of the molecule is CC.O=C(NC1(C(=O)O)CCCCC1)c1c(O)c2cc(-c3ccc(F)cc3)cnc2n(CCN2CCOCC2)c1=O. The number of halogens is 1. The number of carboxylic acids is 1. The molecule has 11 heteroatoms. The van der Waals surface area contributed by atoms with Gasteiger partial charge < -0.3 is 20.3 Å². The average Bonchev–Trinajstić information content (AvgIpc) is 2.99. The van der Waals surface area contributed by atoms with Crippen LogP contribution in [0.15, 0.2) is 41.3 Å². The molecule has 0 unspecified atom stereocenters. The number of amides is 1. The molecule has 2 aromatic heterocycles. The number of rotatable bonds is 7. The van der Waals surface area contributed by atoms with E-state index < -0.39 is 40.1 Å². The molecule has 0 spiro atoms. The standard InChI is InChI=1S/C28H31FN4O6.C2H6/c29-20-6-4-18(5-7-20)19-16-21-23(34)22(25(35)31-28(27(37)38)8-2-1-3-9-28)26(36)33(24(21)30-17-19)11-10-32-12-14-39-15-13-32;1-2/h4-7,16-17,34H,1-3,8-15H2,(H,31,35)(H,37,38);1-2H3. The smallest absolute Gasteiger partial charge is 0.329 e. The quantitative estimate of drug-likeness (QED) is 0.392. The molecule has 3 heterocycles. The van der Waals surface area contributed by atoms with E-state index in [2.05, 4.69) is 15.2 Å². The molecular weight excluding hydrogens is 531 g/mol. The van der Waals surface area contributed by atoms with Crippen molar-refractivity contribution in [3.8, 4) is 16.9 Å². The molecule has 1 amide bonds. The highest BCUT2D eigenvalue weighted by molar-refractivity contribution is 6.04. The van der Waals surface area contributed by atoms with Gasteiger partial charge in [0.05, 0.1) is 18.6 Å². The predicted octanol–water partition coefficient (Wildman–Crippen LogP) is 3.78. The summed E-state index contributed by atoms with van der Waals surface area (Å²) < 4.78 is 20.2. The van der Waals surface area contributed by atoms with E-state index in [1.54, 1.807) is 18.2 Å². The molecule has 41 heavy (non-hydrogen) atoms. The molecule has 220 valence electrons. The van der Waals surface area contributed by atoms with Crippen LogP contribution >= 0.6 is 0 Å². The Kier molecular flexibility index (Phi) is 9.72. The number of fused-ring (bicyclic) bond motifs is 1. The average molecular weight is 569 g/mol. The lowest BCUT2D eigenvalue weighted by Gasteiger charge is -2.34. The third-order valence-corrected chi connectivity index (χ3v) is 7.69. The number of pyridine rings is 2. The topological polar surface area (TPSA) is 134 Å². The minimum absolute atomic E-state index is 0.163. The maximum absolute atomic E-state index is 13.7. The zero-order chi connectivity index (χ0) is 29.6. The predicted molar refractivity (Wildman–Crippen MR) is 153 cm³/mol. The van der Waals surface area contributed by atoms with Gasteiger partial charge in [-0.25, -0.2) is 14.2 Å². The van der Waals surface area contributed by atoms with Crippen molar-refractivity contribution in [3.05, 3.63) is 58.3 Å². The lowest BCUT2D eigenvalue weighted by molar-refractivity contribution is -0.145. The monoisotopic (exact) mass is 568 g/mol. The highest BCUT2D eigenvalue weighted by Gasteiger charge is 2.42. The van der Waals surface area contributed by atoms with Gasteiger partial charge in [-0.15, -0.1) is 0 Å². The van der Waals surface area contributed by atoms with Crippen LogP contribution in [0.25, 0.3) is 22.2 Å². The normalized spacial score (nSPS) is 17.0. The van der Waals surface area contributed by atoms with E-state index in [9.17, 15) is 29.0 Å². The van der Waals surface area contributed by atoms with Crippen LogP contribution in [-0.4, -0.2) is 74.9 Å². The van der Waals surface area contributed by atoms with Crippen molar-refractivity contribution in [3.63, 3.8) is 0 Å². The van der Waals surface area contributed by atoms with Gasteiger partial charge in [-0.2, -0.15) is 0 Å². The molecule has 1 saturated carbocycles. The Bertz CT molecular complexity index is 1440. The van der Waals surface area contributed by atoms with E-state index in [4.69, 9.17) is 4.74 Å². The molecule has 0 atom stereocenters. The van der Waals surface area contributed by atoms with E-state index in [0.717, 1.165) is 6.42 Å². The maximum Gasteiger partial charge on any atom is 0.329 e. The molecule has 3 N–H and O–H groups in total. The van der Waals surface area contributed by atoms with Gasteiger partial charge in [0.25, 0.3) is 11.5 Å². The van der Waals surface area contributed by atoms with Crippen molar-refractivity contribution in [2.24, 2.45) is 0 Å². The number of aliphatic carboxylic acids is 1. The first-order valence-corrected chi connectivity index (χ1v) is 14.2. The second kappa shape index (κ2) is 13.2. The minimum Gasteiger partial charge on any atom is -0.506 e. The summed E-state index contributed by atoms with van der Waals surface area (Å²) in [7, 11) is 0. The second-order valence-electron chi connectivity index (χ2n) is 10.1. The number of hydrogen-bond donors (Lipinski definition) is 3. The fraction of sp³-hybridized carbons (Fsp3) is 0.467. The number of hydrogen-bond acceptors (Lipinski definition) is 7. The van der Waals surface area contributed by atoms with Gasteiger partial charge in [-0.3, -0.25) is 19.1 Å². The number of aromatic hydroxyl groups is 1. The van der Waals surface area contributed by atoms with E-state index >= 15 is 0 Å². The first kappa shape index (κ1) is 30.1. The molecule has 2 aliphatic rings. The summed E-state index contributed by atoms with van der Waals surface area (Å²) in [5.74, 6) is -3.07. The van der Waals surface area contributed by atoms with Crippen LogP contribution in [0.1, 0.15) is 56.3 Å². The van der Waals surface area contributed by atoms with Crippen molar-refractivity contribution >= 4 is 22.9 Å². The van der Waals surface area contributed by atoms with Gasteiger partial charge in [0.15, 0.2) is 0 Å². The van der Waals surface area contributed by atoms with Crippen molar-refractivity contribution in [2.45, 2.75) is 58.0 Å². The Morgan fingerprint density at radius 2 is 1.71 bits per heavy atom. The summed E-state index contributed by atoms with van der Waals surface area (Å²) in [5.41, 5.74) is -1.39. The number of carbonyl (C=O) groups excluding carboxylic acids is 1. The molecule has 1 aliphatic heterocycles. The molecule has 5 rings (SSSR count). The Morgan fingerprint density at radius 1 is 1.05 bits per heavy atom. The van der Waals surface area contributed by atoms with Crippen LogP contribution in [0.2, 0.25) is 0 Å². The number of ether oxygens (including phenoxy) is 1.